The van der Waals surface area contributed by atoms with Gasteiger partial charge in [0.2, 0.25) is 0 Å². The van der Waals surface area contributed by atoms with Crippen LogP contribution in [-0.4, -0.2) is 17.4 Å². The van der Waals surface area contributed by atoms with Crippen LogP contribution in [0.1, 0.15) is 39.5 Å². The van der Waals surface area contributed by atoms with Crippen molar-refractivity contribution < 1.29 is 18.0 Å². The smallest absolute Gasteiger partial charge is 0.350 e. The highest BCUT2D eigenvalue weighted by Crippen LogP contribution is 2.48. The fraction of sp³-hybridized carbons (Fsp3) is 0.375. The summed E-state index contributed by atoms with van der Waals surface area (Å²) in [5.41, 5.74) is 5.29. The zero-order chi connectivity index (χ0) is 17.4. The van der Waals surface area contributed by atoms with E-state index in [1.54, 1.807) is 11.4 Å². The molecule has 4 nitrogen and oxygen atoms in total. The number of hydrogen-bond donors (Lipinski definition) is 2. The number of nitrogens with two attached hydrogens (primary N) is 1. The summed E-state index contributed by atoms with van der Waals surface area (Å²) in [6.07, 6.45) is -2.87. The van der Waals surface area contributed by atoms with Crippen LogP contribution >= 0.6 is 23.7 Å². The molecule has 1 aliphatic carbocycles. The van der Waals surface area contributed by atoms with Crippen molar-refractivity contribution in [3.8, 4) is 0 Å². The number of amides is 1. The zero-order valence-electron chi connectivity index (χ0n) is 13.1. The standard InChI is InChI=1S/C16H16F3N3OS.ClH/c17-16(18,19)11-3-1-2-10(6-11)15(4-5-15)9-21-14(23)12-8-24-13(7-20)22-12;/h1-3,6,8H,4-5,7,9,20H2,(H,21,23);1H. The van der Waals surface area contributed by atoms with Gasteiger partial charge in [0.05, 0.1) is 5.56 Å². The molecule has 0 saturated heterocycles. The number of thiazole rings is 1. The van der Waals surface area contributed by atoms with Gasteiger partial charge in [0.1, 0.15) is 10.7 Å². The third-order valence-corrected chi connectivity index (χ3v) is 5.07. The molecule has 1 aliphatic rings. The molecule has 1 fully saturated rings. The molecular weight excluding hydrogens is 375 g/mol. The molecule has 1 heterocycles. The van der Waals surface area contributed by atoms with Gasteiger partial charge in [0, 0.05) is 23.9 Å². The Balaban J connectivity index is 0.00000225. The lowest BCUT2D eigenvalue weighted by molar-refractivity contribution is -0.137. The normalized spacial score (nSPS) is 15.4. The summed E-state index contributed by atoms with van der Waals surface area (Å²) >= 11 is 1.31. The van der Waals surface area contributed by atoms with Crippen molar-refractivity contribution in [1.82, 2.24) is 10.3 Å². The van der Waals surface area contributed by atoms with E-state index < -0.39 is 17.2 Å². The Labute approximate surface area is 153 Å². The van der Waals surface area contributed by atoms with Crippen LogP contribution < -0.4 is 11.1 Å². The lowest BCUT2D eigenvalue weighted by atomic mass is 9.94. The SMILES string of the molecule is Cl.NCc1nc(C(=O)NCC2(c3cccc(C(F)(F)F)c3)CC2)cs1. The molecule has 0 atom stereocenters. The van der Waals surface area contributed by atoms with Crippen LogP contribution in [0, 0.1) is 0 Å². The van der Waals surface area contributed by atoms with Crippen LogP contribution in [-0.2, 0) is 18.1 Å². The number of alkyl halides is 3. The average Bonchev–Trinajstić information content (AvgIpc) is 3.20. The van der Waals surface area contributed by atoms with Crippen LogP contribution in [0.5, 0.6) is 0 Å². The summed E-state index contributed by atoms with van der Waals surface area (Å²) in [6, 6.07) is 5.33. The quantitative estimate of drug-likeness (QED) is 0.819. The van der Waals surface area contributed by atoms with E-state index in [1.165, 1.54) is 23.5 Å². The molecule has 3 rings (SSSR count). The number of nitrogens with one attached hydrogen (secondary N) is 1. The highest BCUT2D eigenvalue weighted by Gasteiger charge is 2.45. The van der Waals surface area contributed by atoms with Gasteiger partial charge in [-0.15, -0.1) is 23.7 Å². The predicted molar refractivity (Wildman–Crippen MR) is 91.9 cm³/mol. The number of hydrogen-bond acceptors (Lipinski definition) is 4. The fourth-order valence-corrected chi connectivity index (χ4v) is 3.25. The predicted octanol–water partition coefficient (Wildman–Crippen LogP) is 3.50. The summed E-state index contributed by atoms with van der Waals surface area (Å²) in [4.78, 5) is 16.2. The first kappa shape index (κ1) is 19.7. The molecule has 9 heteroatoms. The van der Waals surface area contributed by atoms with Gasteiger partial charge in [-0.05, 0) is 24.5 Å². The molecule has 1 saturated carbocycles. The van der Waals surface area contributed by atoms with Gasteiger partial charge < -0.3 is 11.1 Å². The van der Waals surface area contributed by atoms with Crippen molar-refractivity contribution in [2.24, 2.45) is 5.73 Å². The first-order valence-electron chi connectivity index (χ1n) is 7.44. The summed E-state index contributed by atoms with van der Waals surface area (Å²) in [5.74, 6) is -0.329. The summed E-state index contributed by atoms with van der Waals surface area (Å²) in [5, 5.41) is 5.07. The van der Waals surface area contributed by atoms with Crippen LogP contribution in [0.2, 0.25) is 0 Å². The highest BCUT2D eigenvalue weighted by atomic mass is 35.5. The Morgan fingerprint density at radius 3 is 2.64 bits per heavy atom. The van der Waals surface area contributed by atoms with E-state index in [0.29, 0.717) is 22.8 Å². The molecule has 136 valence electrons. The van der Waals surface area contributed by atoms with E-state index in [-0.39, 0.29) is 24.9 Å². The number of carbonyl (C=O) groups is 1. The minimum absolute atomic E-state index is 0. The zero-order valence-corrected chi connectivity index (χ0v) is 14.7. The average molecular weight is 392 g/mol. The number of carbonyl (C=O) groups excluding carboxylic acids is 1. The van der Waals surface area contributed by atoms with E-state index in [4.69, 9.17) is 5.73 Å². The van der Waals surface area contributed by atoms with E-state index in [2.05, 4.69) is 10.3 Å². The summed E-state index contributed by atoms with van der Waals surface area (Å²) in [6.45, 7) is 0.564. The lowest BCUT2D eigenvalue weighted by Gasteiger charge is -2.18. The molecule has 3 N–H and O–H groups in total. The first-order chi connectivity index (χ1) is 11.3. The monoisotopic (exact) mass is 391 g/mol. The Morgan fingerprint density at radius 2 is 2.08 bits per heavy atom. The molecule has 1 aromatic carbocycles. The molecule has 25 heavy (non-hydrogen) atoms. The molecule has 0 spiro atoms. The second-order valence-electron chi connectivity index (χ2n) is 5.87. The Kier molecular flexibility index (Phi) is 5.75. The topological polar surface area (TPSA) is 68.0 Å². The Hall–Kier alpha value is -1.64. The highest BCUT2D eigenvalue weighted by molar-refractivity contribution is 7.09. The van der Waals surface area contributed by atoms with Crippen LogP contribution in [0.4, 0.5) is 13.2 Å². The van der Waals surface area contributed by atoms with Crippen molar-refractivity contribution in [3.05, 3.63) is 51.5 Å². The molecule has 0 unspecified atom stereocenters. The molecule has 2 aromatic rings. The van der Waals surface area contributed by atoms with Crippen molar-refractivity contribution in [2.75, 3.05) is 6.54 Å². The molecular formula is C16H17ClF3N3OS. The minimum atomic E-state index is -4.37. The van der Waals surface area contributed by atoms with Gasteiger partial charge in [-0.2, -0.15) is 13.2 Å². The molecule has 0 bridgehead atoms. The number of halogens is 4. The van der Waals surface area contributed by atoms with Gasteiger partial charge in [-0.3, -0.25) is 4.79 Å². The third kappa shape index (κ3) is 4.31. The third-order valence-electron chi connectivity index (χ3n) is 4.20. The lowest BCUT2D eigenvalue weighted by Crippen LogP contribution is -2.32. The van der Waals surface area contributed by atoms with E-state index in [0.717, 1.165) is 18.9 Å². The van der Waals surface area contributed by atoms with E-state index >= 15 is 0 Å². The molecule has 0 radical (unpaired) electrons. The van der Waals surface area contributed by atoms with Gasteiger partial charge >= 0.3 is 6.18 Å². The number of aromatic nitrogens is 1. The number of nitrogens with zero attached hydrogens (tertiary/aromatic N) is 1. The second-order valence-corrected chi connectivity index (χ2v) is 6.81. The van der Waals surface area contributed by atoms with Crippen LogP contribution in [0.25, 0.3) is 0 Å². The van der Waals surface area contributed by atoms with Crippen molar-refractivity contribution >= 4 is 29.7 Å². The summed E-state index contributed by atoms with van der Waals surface area (Å²) < 4.78 is 38.6. The van der Waals surface area contributed by atoms with E-state index in [1.807, 2.05) is 0 Å². The second kappa shape index (κ2) is 7.31. The van der Waals surface area contributed by atoms with Crippen LogP contribution in [0.3, 0.4) is 0 Å². The molecule has 1 amide bonds. The fourth-order valence-electron chi connectivity index (χ4n) is 2.59. The first-order valence-corrected chi connectivity index (χ1v) is 8.32. The molecule has 0 aliphatic heterocycles. The van der Waals surface area contributed by atoms with Crippen molar-refractivity contribution in [3.63, 3.8) is 0 Å². The van der Waals surface area contributed by atoms with Crippen molar-refractivity contribution in [2.45, 2.75) is 31.0 Å². The maximum absolute atomic E-state index is 12.9. The maximum Gasteiger partial charge on any atom is 0.416 e. The molecule has 1 aromatic heterocycles. The van der Waals surface area contributed by atoms with Gasteiger partial charge in [0.25, 0.3) is 5.91 Å². The minimum Gasteiger partial charge on any atom is -0.350 e. The van der Waals surface area contributed by atoms with Gasteiger partial charge in [-0.1, -0.05) is 18.2 Å². The van der Waals surface area contributed by atoms with Gasteiger partial charge in [0.15, 0.2) is 0 Å². The Morgan fingerprint density at radius 1 is 1.36 bits per heavy atom. The van der Waals surface area contributed by atoms with Crippen LogP contribution in [0.15, 0.2) is 29.6 Å². The van der Waals surface area contributed by atoms with Crippen molar-refractivity contribution in [1.29, 1.82) is 0 Å². The Bertz CT molecular complexity index is 759. The maximum atomic E-state index is 12.9. The number of rotatable bonds is 5. The largest absolute Gasteiger partial charge is 0.416 e. The van der Waals surface area contributed by atoms with E-state index in [9.17, 15) is 18.0 Å². The van der Waals surface area contributed by atoms with Gasteiger partial charge in [-0.25, -0.2) is 4.98 Å². The summed E-state index contributed by atoms with van der Waals surface area (Å²) in [7, 11) is 0. The number of benzene rings is 1.